The van der Waals surface area contributed by atoms with Gasteiger partial charge in [0, 0.05) is 25.2 Å². The molecule has 1 aromatic carbocycles. The van der Waals surface area contributed by atoms with Gasteiger partial charge in [-0.3, -0.25) is 4.79 Å². The van der Waals surface area contributed by atoms with Gasteiger partial charge in [0.15, 0.2) is 5.75 Å². The summed E-state index contributed by atoms with van der Waals surface area (Å²) in [7, 11) is 0. The van der Waals surface area contributed by atoms with Gasteiger partial charge in [-0.2, -0.15) is 0 Å². The third-order valence-corrected chi connectivity index (χ3v) is 2.70. The van der Waals surface area contributed by atoms with Crippen molar-refractivity contribution in [3.8, 4) is 11.6 Å². The highest BCUT2D eigenvalue weighted by atomic mass is 16.5. The smallest absolute Gasteiger partial charge is 0.221 e. The highest BCUT2D eigenvalue weighted by molar-refractivity contribution is 5.90. The third-order valence-electron chi connectivity index (χ3n) is 2.70. The Morgan fingerprint density at radius 2 is 2.10 bits per heavy atom. The number of hydrogen-bond donors (Lipinski definition) is 2. The van der Waals surface area contributed by atoms with E-state index in [2.05, 4.69) is 10.3 Å². The number of nitrogens with zero attached hydrogens (tertiary/aromatic N) is 1. The van der Waals surface area contributed by atoms with Gasteiger partial charge in [0.25, 0.3) is 0 Å². The monoisotopic (exact) mass is 271 g/mol. The summed E-state index contributed by atoms with van der Waals surface area (Å²) in [6.07, 6.45) is 1.65. The van der Waals surface area contributed by atoms with Crippen molar-refractivity contribution in [2.45, 2.75) is 19.9 Å². The second kappa shape index (κ2) is 6.16. The minimum atomic E-state index is -0.154. The number of anilines is 1. The number of hydrogen-bond acceptors (Lipinski definition) is 4. The molecular formula is C15H17N3O2. The summed E-state index contributed by atoms with van der Waals surface area (Å²) in [5.74, 6) is 0.827. The van der Waals surface area contributed by atoms with Crippen molar-refractivity contribution in [3.05, 3.63) is 48.2 Å². The van der Waals surface area contributed by atoms with Gasteiger partial charge in [0.2, 0.25) is 11.8 Å². The largest absolute Gasteiger partial charge is 0.437 e. The first-order chi connectivity index (χ1) is 9.56. The second-order valence-electron chi connectivity index (χ2n) is 4.50. The molecule has 0 bridgehead atoms. The van der Waals surface area contributed by atoms with Crippen molar-refractivity contribution in [1.82, 2.24) is 4.98 Å². The maximum absolute atomic E-state index is 11.2. The summed E-state index contributed by atoms with van der Waals surface area (Å²) in [6, 6.07) is 10.7. The highest BCUT2D eigenvalue weighted by Crippen LogP contribution is 2.29. The molecule has 20 heavy (non-hydrogen) atoms. The fraction of sp³-hybridized carbons (Fsp3) is 0.200. The van der Waals surface area contributed by atoms with E-state index in [1.165, 1.54) is 6.92 Å². The number of pyridine rings is 1. The Morgan fingerprint density at radius 3 is 2.80 bits per heavy atom. The van der Waals surface area contributed by atoms with Crippen molar-refractivity contribution in [3.63, 3.8) is 0 Å². The van der Waals surface area contributed by atoms with Crippen LogP contribution < -0.4 is 15.8 Å². The number of aromatic nitrogens is 1. The number of benzene rings is 1. The molecule has 1 aromatic heterocycles. The fourth-order valence-electron chi connectivity index (χ4n) is 1.73. The highest BCUT2D eigenvalue weighted by Gasteiger charge is 2.08. The van der Waals surface area contributed by atoms with Crippen LogP contribution in [-0.2, 0) is 4.79 Å². The minimum Gasteiger partial charge on any atom is -0.437 e. The number of para-hydroxylation sites is 2. The summed E-state index contributed by atoms with van der Waals surface area (Å²) < 4.78 is 5.72. The molecule has 3 N–H and O–H groups in total. The number of carbonyl (C=O) groups excluding carboxylic acids is 1. The molecule has 0 saturated carbocycles. The molecule has 0 fully saturated rings. The van der Waals surface area contributed by atoms with Crippen molar-refractivity contribution in [1.29, 1.82) is 0 Å². The van der Waals surface area contributed by atoms with E-state index in [4.69, 9.17) is 10.5 Å². The van der Waals surface area contributed by atoms with E-state index in [0.29, 0.717) is 17.3 Å². The first-order valence-corrected chi connectivity index (χ1v) is 6.32. The fourth-order valence-corrected chi connectivity index (χ4v) is 1.73. The SMILES string of the molecule is CC(=O)Nc1ccccc1Oc1cc([C@@H](C)N)ccn1. The van der Waals surface area contributed by atoms with E-state index in [0.717, 1.165) is 5.56 Å². The molecule has 1 amide bonds. The predicted molar refractivity (Wildman–Crippen MR) is 77.7 cm³/mol. The lowest BCUT2D eigenvalue weighted by atomic mass is 10.1. The quantitative estimate of drug-likeness (QED) is 0.896. The van der Waals surface area contributed by atoms with Crippen LogP contribution in [0.2, 0.25) is 0 Å². The van der Waals surface area contributed by atoms with Gasteiger partial charge in [-0.15, -0.1) is 0 Å². The molecule has 5 nitrogen and oxygen atoms in total. The third kappa shape index (κ3) is 3.55. The molecule has 1 atom stereocenters. The second-order valence-corrected chi connectivity index (χ2v) is 4.50. The average molecular weight is 271 g/mol. The maximum atomic E-state index is 11.2. The molecule has 0 aliphatic rings. The molecule has 2 rings (SSSR count). The van der Waals surface area contributed by atoms with Crippen LogP contribution in [0, 0.1) is 0 Å². The Hall–Kier alpha value is -2.40. The van der Waals surface area contributed by atoms with Crippen LogP contribution in [0.15, 0.2) is 42.6 Å². The van der Waals surface area contributed by atoms with E-state index >= 15 is 0 Å². The van der Waals surface area contributed by atoms with E-state index in [1.807, 2.05) is 25.1 Å². The zero-order valence-electron chi connectivity index (χ0n) is 11.5. The standard InChI is InChI=1S/C15H17N3O2/c1-10(16)12-7-8-17-15(9-12)20-14-6-4-3-5-13(14)18-11(2)19/h3-10H,16H2,1-2H3,(H,18,19)/t10-/m1/s1. The topological polar surface area (TPSA) is 77.2 Å². The number of amides is 1. The number of ether oxygens (including phenoxy) is 1. The molecular weight excluding hydrogens is 254 g/mol. The van der Waals surface area contributed by atoms with Gasteiger partial charge in [0.1, 0.15) is 0 Å². The van der Waals surface area contributed by atoms with Crippen molar-refractivity contribution >= 4 is 11.6 Å². The first-order valence-electron chi connectivity index (χ1n) is 6.32. The van der Waals surface area contributed by atoms with Gasteiger partial charge in [0.05, 0.1) is 5.69 Å². The summed E-state index contributed by atoms with van der Waals surface area (Å²) in [5.41, 5.74) is 7.37. The molecule has 0 radical (unpaired) electrons. The summed E-state index contributed by atoms with van der Waals surface area (Å²) in [4.78, 5) is 15.3. The molecule has 0 unspecified atom stereocenters. The van der Waals surface area contributed by atoms with Gasteiger partial charge in [-0.05, 0) is 30.7 Å². The zero-order valence-corrected chi connectivity index (χ0v) is 11.5. The Labute approximate surface area is 117 Å². The Balaban J connectivity index is 2.25. The summed E-state index contributed by atoms with van der Waals surface area (Å²) in [6.45, 7) is 3.34. The van der Waals surface area contributed by atoms with E-state index in [1.54, 1.807) is 24.4 Å². The molecule has 0 spiro atoms. The van der Waals surface area contributed by atoms with Crippen LogP contribution in [0.25, 0.3) is 0 Å². The lowest BCUT2D eigenvalue weighted by molar-refractivity contribution is -0.114. The average Bonchev–Trinajstić information content (AvgIpc) is 2.41. The predicted octanol–water partition coefficient (Wildman–Crippen LogP) is 2.85. The Bertz CT molecular complexity index is 612. The normalized spacial score (nSPS) is 11.8. The van der Waals surface area contributed by atoms with E-state index in [9.17, 15) is 4.79 Å². The maximum Gasteiger partial charge on any atom is 0.221 e. The molecule has 0 saturated heterocycles. The van der Waals surface area contributed by atoms with Crippen molar-refractivity contribution < 1.29 is 9.53 Å². The number of carbonyl (C=O) groups is 1. The van der Waals surface area contributed by atoms with E-state index < -0.39 is 0 Å². The van der Waals surface area contributed by atoms with Gasteiger partial charge in [-0.1, -0.05) is 12.1 Å². The number of rotatable bonds is 4. The lowest BCUT2D eigenvalue weighted by Crippen LogP contribution is -2.07. The first kappa shape index (κ1) is 14.0. The number of nitrogens with two attached hydrogens (primary N) is 1. The Morgan fingerprint density at radius 1 is 1.35 bits per heavy atom. The molecule has 1 heterocycles. The lowest BCUT2D eigenvalue weighted by Gasteiger charge is -2.12. The van der Waals surface area contributed by atoms with Crippen molar-refractivity contribution in [2.75, 3.05) is 5.32 Å². The van der Waals surface area contributed by atoms with Gasteiger partial charge >= 0.3 is 0 Å². The molecule has 0 aliphatic carbocycles. The number of nitrogens with one attached hydrogen (secondary N) is 1. The zero-order chi connectivity index (χ0) is 14.5. The summed E-state index contributed by atoms with van der Waals surface area (Å²) >= 11 is 0. The Kier molecular flexibility index (Phi) is 4.32. The van der Waals surface area contributed by atoms with Gasteiger partial charge < -0.3 is 15.8 Å². The van der Waals surface area contributed by atoms with Gasteiger partial charge in [-0.25, -0.2) is 4.98 Å². The van der Waals surface area contributed by atoms with E-state index in [-0.39, 0.29) is 11.9 Å². The van der Waals surface area contributed by atoms with Crippen molar-refractivity contribution in [2.24, 2.45) is 5.73 Å². The summed E-state index contributed by atoms with van der Waals surface area (Å²) in [5, 5.41) is 2.71. The molecule has 104 valence electrons. The van der Waals surface area contributed by atoms with Crippen LogP contribution in [-0.4, -0.2) is 10.9 Å². The molecule has 0 aliphatic heterocycles. The van der Waals surface area contributed by atoms with Crippen LogP contribution in [0.1, 0.15) is 25.5 Å². The molecule has 5 heteroatoms. The molecule has 2 aromatic rings. The minimum absolute atomic E-state index is 0.0917. The van der Waals surface area contributed by atoms with Crippen LogP contribution in [0.4, 0.5) is 5.69 Å². The van der Waals surface area contributed by atoms with Crippen LogP contribution >= 0.6 is 0 Å². The van der Waals surface area contributed by atoms with Crippen LogP contribution in [0.5, 0.6) is 11.6 Å². The van der Waals surface area contributed by atoms with Crippen LogP contribution in [0.3, 0.4) is 0 Å².